The zero-order chi connectivity index (χ0) is 13.3. The number of halogens is 3. The van der Waals surface area contributed by atoms with Crippen molar-refractivity contribution in [1.82, 2.24) is 9.97 Å². The first-order valence-corrected chi connectivity index (χ1v) is 5.83. The molecule has 2 heterocycles. The number of hydrogen-bond donors (Lipinski definition) is 1. The van der Waals surface area contributed by atoms with Gasteiger partial charge in [-0.15, -0.1) is 11.3 Å². The first kappa shape index (κ1) is 13.0. The molecular weight excluding hydrogens is 265 g/mol. The summed E-state index contributed by atoms with van der Waals surface area (Å²) < 4.78 is 37.1. The maximum atomic E-state index is 12.4. The second-order valence-electron chi connectivity index (χ2n) is 3.70. The molecule has 2 rings (SSSR count). The molecular formula is C11H9F3N2OS. The highest BCUT2D eigenvalue weighted by Crippen LogP contribution is 2.35. The number of nitrogens with zero attached hydrogens (tertiary/aromatic N) is 2. The van der Waals surface area contributed by atoms with Crippen molar-refractivity contribution >= 4 is 11.3 Å². The van der Waals surface area contributed by atoms with Crippen LogP contribution in [0, 0.1) is 6.92 Å². The fourth-order valence-electron chi connectivity index (χ4n) is 1.35. The summed E-state index contributed by atoms with van der Waals surface area (Å²) in [6.45, 7) is 1.78. The van der Waals surface area contributed by atoms with E-state index in [1.165, 1.54) is 6.20 Å². The molecule has 1 atom stereocenters. The lowest BCUT2D eigenvalue weighted by Gasteiger charge is -2.07. The van der Waals surface area contributed by atoms with E-state index < -0.39 is 17.3 Å². The predicted octanol–water partition coefficient (Wildman–Crippen LogP) is 2.95. The van der Waals surface area contributed by atoms with Crippen LogP contribution >= 0.6 is 11.3 Å². The molecule has 18 heavy (non-hydrogen) atoms. The normalized spacial score (nSPS) is 13.6. The maximum absolute atomic E-state index is 12.4. The molecule has 0 amide bonds. The highest BCUT2D eigenvalue weighted by molar-refractivity contribution is 7.11. The topological polar surface area (TPSA) is 46.0 Å². The van der Waals surface area contributed by atoms with E-state index in [1.54, 1.807) is 19.1 Å². The van der Waals surface area contributed by atoms with Crippen molar-refractivity contribution in [3.8, 4) is 0 Å². The van der Waals surface area contributed by atoms with Gasteiger partial charge in [-0.05, 0) is 13.0 Å². The van der Waals surface area contributed by atoms with E-state index in [2.05, 4.69) is 9.97 Å². The number of alkyl halides is 3. The summed E-state index contributed by atoms with van der Waals surface area (Å²) in [6, 6.07) is 3.31. The van der Waals surface area contributed by atoms with Gasteiger partial charge in [-0.2, -0.15) is 13.2 Å². The van der Waals surface area contributed by atoms with Gasteiger partial charge in [0.15, 0.2) is 5.01 Å². The minimum absolute atomic E-state index is 0.146. The van der Waals surface area contributed by atoms with Crippen LogP contribution in [-0.4, -0.2) is 15.1 Å². The van der Waals surface area contributed by atoms with Gasteiger partial charge in [-0.1, -0.05) is 6.07 Å². The number of aliphatic hydroxyl groups is 1. The van der Waals surface area contributed by atoms with E-state index in [1.807, 2.05) is 0 Å². The summed E-state index contributed by atoms with van der Waals surface area (Å²) in [5.74, 6) is 0. The number of aliphatic hydroxyl groups excluding tert-OH is 1. The highest BCUT2D eigenvalue weighted by atomic mass is 32.1. The van der Waals surface area contributed by atoms with E-state index in [4.69, 9.17) is 0 Å². The SMILES string of the molecule is Cc1ccc(C(O)c2cnc(C(F)(F)F)s2)cn1. The largest absolute Gasteiger partial charge is 0.443 e. The van der Waals surface area contributed by atoms with Gasteiger partial charge in [-0.3, -0.25) is 4.98 Å². The van der Waals surface area contributed by atoms with Crippen LogP contribution in [-0.2, 0) is 6.18 Å². The van der Waals surface area contributed by atoms with Crippen LogP contribution in [0.15, 0.2) is 24.5 Å². The molecule has 1 unspecified atom stereocenters. The van der Waals surface area contributed by atoms with Gasteiger partial charge in [0.1, 0.15) is 6.10 Å². The Labute approximate surface area is 105 Å². The van der Waals surface area contributed by atoms with Crippen LogP contribution in [0.3, 0.4) is 0 Å². The average molecular weight is 274 g/mol. The van der Waals surface area contributed by atoms with Crippen molar-refractivity contribution in [3.05, 3.63) is 45.7 Å². The van der Waals surface area contributed by atoms with Crippen LogP contribution in [0.5, 0.6) is 0 Å². The van der Waals surface area contributed by atoms with Gasteiger partial charge in [-0.25, -0.2) is 4.98 Å². The molecule has 0 radical (unpaired) electrons. The summed E-state index contributed by atoms with van der Waals surface area (Å²) in [7, 11) is 0. The predicted molar refractivity (Wildman–Crippen MR) is 60.2 cm³/mol. The van der Waals surface area contributed by atoms with Crippen molar-refractivity contribution in [1.29, 1.82) is 0 Å². The van der Waals surface area contributed by atoms with Crippen LogP contribution in [0.4, 0.5) is 13.2 Å². The van der Waals surface area contributed by atoms with Crippen LogP contribution in [0.25, 0.3) is 0 Å². The van der Waals surface area contributed by atoms with Crippen molar-refractivity contribution < 1.29 is 18.3 Å². The van der Waals surface area contributed by atoms with Gasteiger partial charge >= 0.3 is 6.18 Å². The summed E-state index contributed by atoms with van der Waals surface area (Å²) >= 11 is 0.433. The molecule has 0 aromatic carbocycles. The second-order valence-corrected chi connectivity index (χ2v) is 4.76. The first-order valence-electron chi connectivity index (χ1n) is 5.01. The molecule has 7 heteroatoms. The van der Waals surface area contributed by atoms with E-state index in [9.17, 15) is 18.3 Å². The Hall–Kier alpha value is -1.47. The number of aryl methyl sites for hydroxylation is 1. The Morgan fingerprint density at radius 3 is 2.44 bits per heavy atom. The lowest BCUT2D eigenvalue weighted by molar-refractivity contribution is -0.137. The van der Waals surface area contributed by atoms with Crippen molar-refractivity contribution in [2.24, 2.45) is 0 Å². The van der Waals surface area contributed by atoms with E-state index in [0.717, 1.165) is 11.9 Å². The number of thiazole rings is 1. The Morgan fingerprint density at radius 1 is 1.22 bits per heavy atom. The molecule has 2 aromatic heterocycles. The van der Waals surface area contributed by atoms with Crippen LogP contribution < -0.4 is 0 Å². The number of pyridine rings is 1. The molecule has 2 aromatic rings. The van der Waals surface area contributed by atoms with Crippen LogP contribution in [0.2, 0.25) is 0 Å². The third-order valence-corrected chi connectivity index (χ3v) is 3.38. The van der Waals surface area contributed by atoms with Crippen molar-refractivity contribution in [3.63, 3.8) is 0 Å². The van der Waals surface area contributed by atoms with Crippen molar-refractivity contribution in [2.45, 2.75) is 19.2 Å². The Kier molecular flexibility index (Phi) is 3.36. The molecule has 3 nitrogen and oxygen atoms in total. The smallest absolute Gasteiger partial charge is 0.383 e. The lowest BCUT2D eigenvalue weighted by atomic mass is 10.1. The molecule has 0 bridgehead atoms. The minimum Gasteiger partial charge on any atom is -0.383 e. The van der Waals surface area contributed by atoms with E-state index in [0.29, 0.717) is 16.9 Å². The second kappa shape index (κ2) is 4.66. The quantitative estimate of drug-likeness (QED) is 0.915. The molecule has 0 saturated carbocycles. The third-order valence-electron chi connectivity index (χ3n) is 2.29. The van der Waals surface area contributed by atoms with Gasteiger partial charge in [0.25, 0.3) is 0 Å². The fourth-order valence-corrected chi connectivity index (χ4v) is 2.15. The van der Waals surface area contributed by atoms with Gasteiger partial charge in [0.2, 0.25) is 0 Å². The Balaban J connectivity index is 2.26. The van der Waals surface area contributed by atoms with Gasteiger partial charge in [0, 0.05) is 23.7 Å². The summed E-state index contributed by atoms with van der Waals surface area (Å²) in [5.41, 5.74) is 1.21. The maximum Gasteiger partial charge on any atom is 0.443 e. The van der Waals surface area contributed by atoms with Crippen LogP contribution in [0.1, 0.15) is 27.2 Å². The molecule has 96 valence electrons. The molecule has 0 saturated heterocycles. The molecule has 0 fully saturated rings. The average Bonchev–Trinajstić information content (AvgIpc) is 2.78. The third kappa shape index (κ3) is 2.68. The van der Waals surface area contributed by atoms with E-state index >= 15 is 0 Å². The molecule has 0 aliphatic rings. The van der Waals surface area contributed by atoms with Gasteiger partial charge in [0.05, 0.1) is 4.88 Å². The Bertz CT molecular complexity index is 536. The number of rotatable bonds is 2. The Morgan fingerprint density at radius 2 is 1.94 bits per heavy atom. The highest BCUT2D eigenvalue weighted by Gasteiger charge is 2.35. The summed E-state index contributed by atoms with van der Waals surface area (Å²) in [4.78, 5) is 7.39. The van der Waals surface area contributed by atoms with Crippen molar-refractivity contribution in [2.75, 3.05) is 0 Å². The fraction of sp³-hybridized carbons (Fsp3) is 0.273. The lowest BCUT2D eigenvalue weighted by Crippen LogP contribution is -2.03. The molecule has 0 aliphatic heterocycles. The summed E-state index contributed by atoms with van der Waals surface area (Å²) in [5, 5.41) is 8.96. The molecule has 1 N–H and O–H groups in total. The number of hydrogen-bond acceptors (Lipinski definition) is 4. The zero-order valence-corrected chi connectivity index (χ0v) is 10.1. The molecule has 0 aliphatic carbocycles. The van der Waals surface area contributed by atoms with E-state index in [-0.39, 0.29) is 4.88 Å². The minimum atomic E-state index is -4.48. The molecule has 0 spiro atoms. The first-order chi connectivity index (χ1) is 8.38. The zero-order valence-electron chi connectivity index (χ0n) is 9.27. The van der Waals surface area contributed by atoms with Gasteiger partial charge < -0.3 is 5.11 Å². The monoisotopic (exact) mass is 274 g/mol. The number of aromatic nitrogens is 2. The summed E-state index contributed by atoms with van der Waals surface area (Å²) in [6.07, 6.45) is -3.13. The standard InChI is InChI=1S/C11H9F3N2OS/c1-6-2-3-7(4-15-6)9(17)8-5-16-10(18-8)11(12,13)14/h2-5,9,17H,1H3.